The van der Waals surface area contributed by atoms with Crippen molar-refractivity contribution < 1.29 is 4.79 Å². The molecule has 0 aliphatic heterocycles. The van der Waals surface area contributed by atoms with Gasteiger partial charge < -0.3 is 5.32 Å². The van der Waals surface area contributed by atoms with Gasteiger partial charge in [0, 0.05) is 24.2 Å². The highest BCUT2D eigenvalue weighted by Gasteiger charge is 2.11. The molecule has 6 nitrogen and oxygen atoms in total. The number of fused-ring (bicyclic) bond motifs is 2. The summed E-state index contributed by atoms with van der Waals surface area (Å²) in [6, 6.07) is 15.3. The minimum absolute atomic E-state index is 0.113. The Morgan fingerprint density at radius 1 is 1.09 bits per heavy atom. The van der Waals surface area contributed by atoms with Crippen LogP contribution in [0, 0.1) is 0 Å². The van der Waals surface area contributed by atoms with Crippen molar-refractivity contribution in [2.45, 2.75) is 6.92 Å². The van der Waals surface area contributed by atoms with E-state index in [1.165, 1.54) is 6.92 Å². The lowest BCUT2D eigenvalue weighted by molar-refractivity contribution is -0.114. The maximum absolute atomic E-state index is 11.3. The van der Waals surface area contributed by atoms with Crippen LogP contribution in [0.5, 0.6) is 0 Å². The first-order valence-electron chi connectivity index (χ1n) is 7.19. The van der Waals surface area contributed by atoms with Crippen LogP contribution >= 0.6 is 0 Å². The van der Waals surface area contributed by atoms with E-state index in [2.05, 4.69) is 20.6 Å². The number of para-hydroxylation sites is 1. The molecule has 6 heteroatoms. The highest BCUT2D eigenvalue weighted by molar-refractivity contribution is 5.93. The predicted molar refractivity (Wildman–Crippen MR) is 88.5 cm³/mol. The Balaban J connectivity index is 1.95. The van der Waals surface area contributed by atoms with Crippen molar-refractivity contribution in [1.82, 2.24) is 20.0 Å². The molecule has 0 saturated carbocycles. The van der Waals surface area contributed by atoms with Gasteiger partial charge in [-0.15, -0.1) is 5.10 Å². The van der Waals surface area contributed by atoms with Crippen LogP contribution in [0.4, 0.5) is 5.69 Å². The highest BCUT2D eigenvalue weighted by Crippen LogP contribution is 2.24. The Morgan fingerprint density at radius 2 is 1.96 bits per heavy atom. The van der Waals surface area contributed by atoms with Gasteiger partial charge in [-0.2, -0.15) is 0 Å². The molecule has 0 radical (unpaired) electrons. The molecule has 23 heavy (non-hydrogen) atoms. The molecule has 1 amide bonds. The number of nitrogens with zero attached hydrogens (tertiary/aromatic N) is 4. The molecule has 0 aliphatic carbocycles. The van der Waals surface area contributed by atoms with Crippen LogP contribution in [0.1, 0.15) is 6.92 Å². The fourth-order valence-corrected chi connectivity index (χ4v) is 2.64. The number of rotatable bonds is 2. The third kappa shape index (κ3) is 2.30. The van der Waals surface area contributed by atoms with E-state index in [0.717, 1.165) is 27.6 Å². The van der Waals surface area contributed by atoms with Crippen molar-refractivity contribution in [3.8, 4) is 5.69 Å². The predicted octanol–water partition coefficient (Wildman–Crippen LogP) is 2.93. The van der Waals surface area contributed by atoms with Gasteiger partial charge in [-0.25, -0.2) is 4.68 Å². The maximum atomic E-state index is 11.3. The second-order valence-electron chi connectivity index (χ2n) is 5.23. The standard InChI is InChI=1S/C17H13N5O/c1-11(23)19-12-6-7-15-17(10-12)22(21-20-15)16-8-9-18-14-5-3-2-4-13(14)16/h2-10H,1H3,(H,19,23). The van der Waals surface area contributed by atoms with Crippen LogP contribution in [-0.2, 0) is 4.79 Å². The summed E-state index contributed by atoms with van der Waals surface area (Å²) in [5.41, 5.74) is 4.10. The number of anilines is 1. The van der Waals surface area contributed by atoms with Gasteiger partial charge in [0.25, 0.3) is 0 Å². The molecule has 0 aliphatic rings. The van der Waals surface area contributed by atoms with Crippen molar-refractivity contribution >= 4 is 33.5 Å². The molecule has 0 spiro atoms. The third-order valence-electron chi connectivity index (χ3n) is 3.62. The molecule has 4 aromatic rings. The average Bonchev–Trinajstić information content (AvgIpc) is 2.97. The molecule has 1 N–H and O–H groups in total. The molecule has 0 bridgehead atoms. The SMILES string of the molecule is CC(=O)Nc1ccc2nnn(-c3ccnc4ccccc34)c2c1. The number of carbonyl (C=O) groups is 1. The molecule has 0 atom stereocenters. The Labute approximate surface area is 131 Å². The molecule has 2 aromatic carbocycles. The topological polar surface area (TPSA) is 72.7 Å². The minimum atomic E-state index is -0.113. The molecule has 0 saturated heterocycles. The summed E-state index contributed by atoms with van der Waals surface area (Å²) in [6.45, 7) is 1.48. The van der Waals surface area contributed by atoms with Gasteiger partial charge >= 0.3 is 0 Å². The minimum Gasteiger partial charge on any atom is -0.326 e. The molecule has 112 valence electrons. The summed E-state index contributed by atoms with van der Waals surface area (Å²) in [5, 5.41) is 12.2. The Kier molecular flexibility index (Phi) is 3.01. The van der Waals surface area contributed by atoms with E-state index in [0.29, 0.717) is 5.69 Å². The van der Waals surface area contributed by atoms with Crippen LogP contribution in [0.15, 0.2) is 54.7 Å². The molecule has 2 aromatic heterocycles. The fourth-order valence-electron chi connectivity index (χ4n) is 2.64. The van der Waals surface area contributed by atoms with Crippen molar-refractivity contribution in [3.05, 3.63) is 54.7 Å². The van der Waals surface area contributed by atoms with Crippen molar-refractivity contribution in [3.63, 3.8) is 0 Å². The molecular formula is C17H13N5O. The van der Waals surface area contributed by atoms with Gasteiger partial charge in [0.15, 0.2) is 0 Å². The Morgan fingerprint density at radius 3 is 2.83 bits per heavy atom. The van der Waals surface area contributed by atoms with Gasteiger partial charge in [0.1, 0.15) is 5.52 Å². The number of nitrogens with one attached hydrogen (secondary N) is 1. The number of carbonyl (C=O) groups excluding carboxylic acids is 1. The van der Waals surface area contributed by atoms with E-state index in [4.69, 9.17) is 0 Å². The summed E-state index contributed by atoms with van der Waals surface area (Å²) in [7, 11) is 0. The van der Waals surface area contributed by atoms with E-state index < -0.39 is 0 Å². The summed E-state index contributed by atoms with van der Waals surface area (Å²) >= 11 is 0. The number of hydrogen-bond acceptors (Lipinski definition) is 4. The normalized spacial score (nSPS) is 11.0. The van der Waals surface area contributed by atoms with Crippen molar-refractivity contribution in [2.24, 2.45) is 0 Å². The maximum Gasteiger partial charge on any atom is 0.221 e. The third-order valence-corrected chi connectivity index (χ3v) is 3.62. The van der Waals surface area contributed by atoms with Crippen LogP contribution in [-0.4, -0.2) is 25.9 Å². The molecule has 0 fully saturated rings. The first-order valence-corrected chi connectivity index (χ1v) is 7.19. The lowest BCUT2D eigenvalue weighted by Gasteiger charge is -2.07. The smallest absolute Gasteiger partial charge is 0.221 e. The van der Waals surface area contributed by atoms with Crippen LogP contribution < -0.4 is 5.32 Å². The first kappa shape index (κ1) is 13.4. The lowest BCUT2D eigenvalue weighted by Crippen LogP contribution is -2.05. The van der Waals surface area contributed by atoms with Gasteiger partial charge in [-0.05, 0) is 30.3 Å². The second-order valence-corrected chi connectivity index (χ2v) is 5.23. The second kappa shape index (κ2) is 5.17. The summed E-state index contributed by atoms with van der Waals surface area (Å²) in [6.07, 6.45) is 1.75. The Bertz CT molecular complexity index is 1030. The van der Waals surface area contributed by atoms with Crippen LogP contribution in [0.3, 0.4) is 0 Å². The van der Waals surface area contributed by atoms with Gasteiger partial charge in [-0.1, -0.05) is 23.4 Å². The quantitative estimate of drug-likeness (QED) is 0.618. The van der Waals surface area contributed by atoms with Crippen LogP contribution in [0.25, 0.3) is 27.6 Å². The van der Waals surface area contributed by atoms with E-state index in [9.17, 15) is 4.79 Å². The summed E-state index contributed by atoms with van der Waals surface area (Å²) < 4.78 is 1.77. The van der Waals surface area contributed by atoms with Crippen LogP contribution in [0.2, 0.25) is 0 Å². The van der Waals surface area contributed by atoms with E-state index >= 15 is 0 Å². The fraction of sp³-hybridized carbons (Fsp3) is 0.0588. The van der Waals surface area contributed by atoms with E-state index in [-0.39, 0.29) is 5.91 Å². The zero-order valence-electron chi connectivity index (χ0n) is 12.4. The number of pyridine rings is 1. The average molecular weight is 303 g/mol. The zero-order valence-corrected chi connectivity index (χ0v) is 12.4. The van der Waals surface area contributed by atoms with Crippen molar-refractivity contribution in [2.75, 3.05) is 5.32 Å². The molecular weight excluding hydrogens is 290 g/mol. The Hall–Kier alpha value is -3.28. The summed E-state index contributed by atoms with van der Waals surface area (Å²) in [4.78, 5) is 15.6. The molecule has 0 unspecified atom stereocenters. The largest absolute Gasteiger partial charge is 0.326 e. The van der Waals surface area contributed by atoms with Crippen molar-refractivity contribution in [1.29, 1.82) is 0 Å². The van der Waals surface area contributed by atoms with Gasteiger partial charge in [0.2, 0.25) is 5.91 Å². The highest BCUT2D eigenvalue weighted by atomic mass is 16.1. The lowest BCUT2D eigenvalue weighted by atomic mass is 10.2. The van der Waals surface area contributed by atoms with Gasteiger partial charge in [-0.3, -0.25) is 9.78 Å². The van der Waals surface area contributed by atoms with E-state index in [1.54, 1.807) is 10.9 Å². The molecule has 2 heterocycles. The first-order chi connectivity index (χ1) is 11.2. The number of amides is 1. The van der Waals surface area contributed by atoms with Gasteiger partial charge in [0.05, 0.1) is 16.7 Å². The van der Waals surface area contributed by atoms with E-state index in [1.807, 2.05) is 48.5 Å². The number of aromatic nitrogens is 4. The number of benzene rings is 2. The summed E-state index contributed by atoms with van der Waals surface area (Å²) in [5.74, 6) is -0.113. The zero-order chi connectivity index (χ0) is 15.8. The monoisotopic (exact) mass is 303 g/mol. The molecule has 4 rings (SSSR count). The number of hydrogen-bond donors (Lipinski definition) is 1.